The van der Waals surface area contributed by atoms with Gasteiger partial charge in [-0.05, 0) is 29.4 Å². The molecule has 0 spiro atoms. The second-order valence-electron chi connectivity index (χ2n) is 8.13. The number of unbranched alkanes of at least 4 members (excludes halogenated alkanes) is 1. The maximum Gasteiger partial charge on any atom is 0.162 e. The molecule has 0 aliphatic rings. The Morgan fingerprint density at radius 3 is 1.77 bits per heavy atom. The smallest absolute Gasteiger partial charge is 0.162 e. The van der Waals surface area contributed by atoms with Crippen molar-refractivity contribution in [3.05, 3.63) is 28.8 Å². The number of hydrogen-bond donors (Lipinski definition) is 0. The highest BCUT2D eigenvalue weighted by molar-refractivity contribution is 5.96. The van der Waals surface area contributed by atoms with Crippen LogP contribution in [0, 0.1) is 0 Å². The summed E-state index contributed by atoms with van der Waals surface area (Å²) in [4.78, 5) is 12.5. The molecular weight excluding hydrogens is 272 g/mol. The van der Waals surface area contributed by atoms with Gasteiger partial charge in [-0.3, -0.25) is 4.79 Å². The summed E-state index contributed by atoms with van der Waals surface area (Å²) in [5.74, 6) is 1.16. The van der Waals surface area contributed by atoms with Crippen molar-refractivity contribution in [3.8, 4) is 5.75 Å². The molecule has 0 amide bonds. The highest BCUT2D eigenvalue weighted by Crippen LogP contribution is 2.40. The maximum absolute atomic E-state index is 12.5. The van der Waals surface area contributed by atoms with Crippen LogP contribution in [0.5, 0.6) is 5.75 Å². The number of benzene rings is 1. The normalized spacial score (nSPS) is 12.4. The minimum Gasteiger partial charge on any atom is -0.496 e. The molecule has 0 fully saturated rings. The van der Waals surface area contributed by atoms with Gasteiger partial charge in [0, 0.05) is 23.1 Å². The molecule has 2 heteroatoms. The SMILES string of the molecule is CCCCC(=O)c1cc(C(C)(C)C)c(OC)c(C(C)(C)C)c1. The topological polar surface area (TPSA) is 26.3 Å². The number of methoxy groups -OCH3 is 1. The number of carbonyl (C=O) groups excluding carboxylic acids is 1. The Bertz CT molecular complexity index is 493. The summed E-state index contributed by atoms with van der Waals surface area (Å²) >= 11 is 0. The predicted molar refractivity (Wildman–Crippen MR) is 94.2 cm³/mol. The van der Waals surface area contributed by atoms with Crippen LogP contribution in [-0.2, 0) is 10.8 Å². The largest absolute Gasteiger partial charge is 0.496 e. The molecule has 0 saturated carbocycles. The van der Waals surface area contributed by atoms with Crippen molar-refractivity contribution in [1.29, 1.82) is 0 Å². The first-order valence-corrected chi connectivity index (χ1v) is 8.28. The van der Waals surface area contributed by atoms with E-state index < -0.39 is 0 Å². The first-order valence-electron chi connectivity index (χ1n) is 8.28. The standard InChI is InChI=1S/C20H32O2/c1-9-10-11-17(21)14-12-15(19(2,3)4)18(22-8)16(13-14)20(5,6)7/h12-13H,9-11H2,1-8H3. The van der Waals surface area contributed by atoms with Crippen LogP contribution in [0.4, 0.5) is 0 Å². The zero-order chi connectivity index (χ0) is 17.1. The molecule has 0 aromatic heterocycles. The zero-order valence-corrected chi connectivity index (χ0v) is 15.6. The molecule has 0 N–H and O–H groups in total. The van der Waals surface area contributed by atoms with Gasteiger partial charge >= 0.3 is 0 Å². The molecule has 2 nitrogen and oxygen atoms in total. The summed E-state index contributed by atoms with van der Waals surface area (Å²) in [5, 5.41) is 0. The van der Waals surface area contributed by atoms with Gasteiger partial charge in [0.15, 0.2) is 5.78 Å². The Morgan fingerprint density at radius 2 is 1.45 bits per heavy atom. The number of carbonyl (C=O) groups is 1. The minimum absolute atomic E-state index is 0.0631. The lowest BCUT2D eigenvalue weighted by Gasteiger charge is -2.29. The average Bonchev–Trinajstić information content (AvgIpc) is 2.41. The highest BCUT2D eigenvalue weighted by Gasteiger charge is 2.28. The van der Waals surface area contributed by atoms with Gasteiger partial charge in [-0.2, -0.15) is 0 Å². The van der Waals surface area contributed by atoms with Crippen LogP contribution in [0.3, 0.4) is 0 Å². The number of Topliss-reactive ketones (excluding diaryl/α,β-unsaturated/α-hetero) is 1. The van der Waals surface area contributed by atoms with Gasteiger partial charge in [-0.25, -0.2) is 0 Å². The Kier molecular flexibility index (Phi) is 5.83. The Balaban J connectivity index is 3.53. The molecule has 0 heterocycles. The fraction of sp³-hybridized carbons (Fsp3) is 0.650. The number of ether oxygens (including phenoxy) is 1. The van der Waals surface area contributed by atoms with Gasteiger partial charge in [0.05, 0.1) is 7.11 Å². The fourth-order valence-electron chi connectivity index (χ4n) is 2.61. The molecule has 0 unspecified atom stereocenters. The molecule has 1 rings (SSSR count). The van der Waals surface area contributed by atoms with Gasteiger partial charge in [-0.15, -0.1) is 0 Å². The summed E-state index contributed by atoms with van der Waals surface area (Å²) in [6.07, 6.45) is 2.61. The fourth-order valence-corrected chi connectivity index (χ4v) is 2.61. The maximum atomic E-state index is 12.5. The third-order valence-electron chi connectivity index (χ3n) is 3.99. The lowest BCUT2D eigenvalue weighted by Crippen LogP contribution is -2.20. The van der Waals surface area contributed by atoms with E-state index in [-0.39, 0.29) is 16.6 Å². The van der Waals surface area contributed by atoms with Crippen LogP contribution >= 0.6 is 0 Å². The first kappa shape index (κ1) is 18.7. The molecule has 124 valence electrons. The molecule has 0 radical (unpaired) electrons. The third-order valence-corrected chi connectivity index (χ3v) is 3.99. The Morgan fingerprint density at radius 1 is 1.00 bits per heavy atom. The van der Waals surface area contributed by atoms with Gasteiger partial charge in [0.25, 0.3) is 0 Å². The van der Waals surface area contributed by atoms with Gasteiger partial charge in [0.2, 0.25) is 0 Å². The second-order valence-corrected chi connectivity index (χ2v) is 8.13. The lowest BCUT2D eigenvalue weighted by atomic mass is 9.78. The summed E-state index contributed by atoms with van der Waals surface area (Å²) in [7, 11) is 1.72. The lowest BCUT2D eigenvalue weighted by molar-refractivity contribution is 0.0979. The van der Waals surface area contributed by atoms with Crippen LogP contribution in [0.2, 0.25) is 0 Å². The highest BCUT2D eigenvalue weighted by atomic mass is 16.5. The number of hydrogen-bond acceptors (Lipinski definition) is 2. The van der Waals surface area contributed by atoms with Crippen molar-refractivity contribution in [2.45, 2.75) is 78.6 Å². The molecule has 0 bridgehead atoms. The van der Waals surface area contributed by atoms with Crippen molar-refractivity contribution >= 4 is 5.78 Å². The van der Waals surface area contributed by atoms with Crippen molar-refractivity contribution in [3.63, 3.8) is 0 Å². The monoisotopic (exact) mass is 304 g/mol. The van der Waals surface area contributed by atoms with E-state index in [0.717, 1.165) is 35.3 Å². The number of ketones is 1. The average molecular weight is 304 g/mol. The van der Waals surface area contributed by atoms with Crippen LogP contribution in [0.25, 0.3) is 0 Å². The summed E-state index contributed by atoms with van der Waals surface area (Å²) < 4.78 is 5.73. The molecule has 1 aromatic carbocycles. The predicted octanol–water partition coefficient (Wildman–Crippen LogP) is 5.66. The van der Waals surface area contributed by atoms with Gasteiger partial charge in [-0.1, -0.05) is 54.9 Å². The Labute approximate surface area is 136 Å². The molecule has 22 heavy (non-hydrogen) atoms. The summed E-state index contributed by atoms with van der Waals surface area (Å²) in [6, 6.07) is 4.07. The van der Waals surface area contributed by atoms with Crippen molar-refractivity contribution in [2.24, 2.45) is 0 Å². The third kappa shape index (κ3) is 4.34. The minimum atomic E-state index is -0.0631. The van der Waals surface area contributed by atoms with E-state index in [4.69, 9.17) is 4.74 Å². The van der Waals surface area contributed by atoms with Gasteiger partial charge in [0.1, 0.15) is 5.75 Å². The van der Waals surface area contributed by atoms with E-state index in [1.807, 2.05) is 12.1 Å². The zero-order valence-electron chi connectivity index (χ0n) is 15.6. The van der Waals surface area contributed by atoms with Crippen LogP contribution in [-0.4, -0.2) is 12.9 Å². The molecule has 0 atom stereocenters. The van der Waals surface area contributed by atoms with Crippen molar-refractivity contribution < 1.29 is 9.53 Å². The molecule has 0 aliphatic carbocycles. The number of rotatable bonds is 5. The summed E-state index contributed by atoms with van der Waals surface area (Å²) in [5.41, 5.74) is 2.92. The van der Waals surface area contributed by atoms with E-state index in [1.54, 1.807) is 7.11 Å². The Hall–Kier alpha value is -1.31. The second kappa shape index (κ2) is 6.85. The first-order chi connectivity index (χ1) is 10.0. The molecule has 0 saturated heterocycles. The van der Waals surface area contributed by atoms with E-state index in [0.29, 0.717) is 6.42 Å². The molecular formula is C20H32O2. The van der Waals surface area contributed by atoms with Crippen molar-refractivity contribution in [1.82, 2.24) is 0 Å². The van der Waals surface area contributed by atoms with Crippen LogP contribution in [0.15, 0.2) is 12.1 Å². The molecule has 1 aromatic rings. The van der Waals surface area contributed by atoms with E-state index >= 15 is 0 Å². The summed E-state index contributed by atoms with van der Waals surface area (Å²) in [6.45, 7) is 15.1. The van der Waals surface area contributed by atoms with E-state index in [9.17, 15) is 4.79 Å². The van der Waals surface area contributed by atoms with Crippen molar-refractivity contribution in [2.75, 3.05) is 7.11 Å². The van der Waals surface area contributed by atoms with E-state index in [2.05, 4.69) is 48.5 Å². The van der Waals surface area contributed by atoms with Gasteiger partial charge < -0.3 is 4.74 Å². The quantitative estimate of drug-likeness (QED) is 0.656. The van der Waals surface area contributed by atoms with Crippen LogP contribution in [0.1, 0.15) is 89.2 Å². The van der Waals surface area contributed by atoms with E-state index in [1.165, 1.54) is 0 Å². The molecule has 0 aliphatic heterocycles. The van der Waals surface area contributed by atoms with Crippen LogP contribution < -0.4 is 4.74 Å².